The molecule has 0 unspecified atom stereocenters. The first-order valence-corrected chi connectivity index (χ1v) is 16.4. The zero-order chi connectivity index (χ0) is 34.4. The number of benzene rings is 5. The molecule has 4 aliphatic rings. The molecule has 0 atom stereocenters. The van der Waals surface area contributed by atoms with Crippen LogP contribution in [0.5, 0.6) is 0 Å². The number of allylic oxidation sites excluding steroid dienone is 2. The number of amides is 2. The lowest BCUT2D eigenvalue weighted by Crippen LogP contribution is -1.96. The summed E-state index contributed by atoms with van der Waals surface area (Å²) >= 11 is 1.67. The SMILES string of the molecule is CC#N.CC(C)c1ccc(Sc2ccc3cccc4c3c2C2=NC(=O)C(C#N)=C24)cc1.N#CC1=C2C(=NC1=O)c1cccc3cccc2c13. The van der Waals surface area contributed by atoms with Gasteiger partial charge in [-0.3, -0.25) is 9.59 Å². The minimum Gasteiger partial charge on any atom is -0.266 e. The molecule has 0 spiro atoms. The molecular formula is C41H25N5O2S. The van der Waals surface area contributed by atoms with Crippen LogP contribution in [0, 0.1) is 34.0 Å². The summed E-state index contributed by atoms with van der Waals surface area (Å²) in [5.41, 5.74) is 8.13. The Labute approximate surface area is 286 Å². The Morgan fingerprint density at radius 3 is 1.71 bits per heavy atom. The van der Waals surface area contributed by atoms with E-state index in [1.54, 1.807) is 17.8 Å². The van der Waals surface area contributed by atoms with Gasteiger partial charge in [-0.25, -0.2) is 9.98 Å². The Kier molecular flexibility index (Phi) is 7.85. The molecule has 0 saturated heterocycles. The van der Waals surface area contributed by atoms with E-state index in [0.29, 0.717) is 28.5 Å². The fraction of sp³-hybridized carbons (Fsp3) is 0.0976. The first kappa shape index (κ1) is 31.2. The summed E-state index contributed by atoms with van der Waals surface area (Å²) in [6, 6.07) is 36.4. The fourth-order valence-corrected chi connectivity index (χ4v) is 7.63. The zero-order valence-corrected chi connectivity index (χ0v) is 27.5. The van der Waals surface area contributed by atoms with E-state index in [1.807, 2.05) is 54.6 Å². The topological polar surface area (TPSA) is 130 Å². The second-order valence-corrected chi connectivity index (χ2v) is 13.0. The number of nitrogens with zero attached hydrogens (tertiary/aromatic N) is 5. The molecule has 2 aliphatic carbocycles. The maximum atomic E-state index is 12.2. The predicted octanol–water partition coefficient (Wildman–Crippen LogP) is 8.72. The van der Waals surface area contributed by atoms with E-state index in [1.165, 1.54) is 12.5 Å². The molecule has 0 fully saturated rings. The van der Waals surface area contributed by atoms with Crippen LogP contribution < -0.4 is 0 Å². The fourth-order valence-electron chi connectivity index (χ4n) is 6.67. The van der Waals surface area contributed by atoms with Gasteiger partial charge in [0.15, 0.2) is 0 Å². The van der Waals surface area contributed by atoms with Gasteiger partial charge in [-0.2, -0.15) is 15.8 Å². The van der Waals surface area contributed by atoms with Crippen molar-refractivity contribution in [2.45, 2.75) is 36.5 Å². The van der Waals surface area contributed by atoms with Gasteiger partial charge in [0.25, 0.3) is 11.8 Å². The van der Waals surface area contributed by atoms with Crippen LogP contribution in [-0.2, 0) is 9.59 Å². The lowest BCUT2D eigenvalue weighted by atomic mass is 10.0. The van der Waals surface area contributed by atoms with E-state index >= 15 is 0 Å². The van der Waals surface area contributed by atoms with E-state index < -0.39 is 11.8 Å². The van der Waals surface area contributed by atoms with Gasteiger partial charge in [-0.1, -0.05) is 98.4 Å². The monoisotopic (exact) mass is 651 g/mol. The van der Waals surface area contributed by atoms with Crippen molar-refractivity contribution in [2.75, 3.05) is 0 Å². The Morgan fingerprint density at radius 1 is 0.633 bits per heavy atom. The molecule has 232 valence electrons. The number of hydrogen-bond acceptors (Lipinski definition) is 6. The molecule has 2 aliphatic heterocycles. The summed E-state index contributed by atoms with van der Waals surface area (Å²) in [5, 5.41) is 30.3. The highest BCUT2D eigenvalue weighted by Gasteiger charge is 2.38. The van der Waals surface area contributed by atoms with E-state index in [0.717, 1.165) is 53.6 Å². The zero-order valence-electron chi connectivity index (χ0n) is 26.7. The quantitative estimate of drug-likeness (QED) is 0.192. The number of rotatable bonds is 3. The molecule has 0 aromatic heterocycles. The predicted molar refractivity (Wildman–Crippen MR) is 192 cm³/mol. The number of hydrogen-bond donors (Lipinski definition) is 0. The molecule has 5 aromatic rings. The van der Waals surface area contributed by atoms with E-state index in [-0.39, 0.29) is 11.1 Å². The summed E-state index contributed by atoms with van der Waals surface area (Å²) in [7, 11) is 0. The Hall–Kier alpha value is -6.40. The maximum absolute atomic E-state index is 12.2. The van der Waals surface area contributed by atoms with Crippen molar-refractivity contribution in [3.05, 3.63) is 130 Å². The van der Waals surface area contributed by atoms with E-state index in [4.69, 9.17) is 10.5 Å². The number of nitriles is 3. The molecule has 0 radical (unpaired) electrons. The molecule has 2 heterocycles. The van der Waals surface area contributed by atoms with Crippen LogP contribution in [0.4, 0.5) is 0 Å². The van der Waals surface area contributed by atoms with Gasteiger partial charge < -0.3 is 0 Å². The van der Waals surface area contributed by atoms with Crippen LogP contribution in [0.15, 0.2) is 122 Å². The highest BCUT2D eigenvalue weighted by Crippen LogP contribution is 2.47. The summed E-state index contributed by atoms with van der Waals surface area (Å²) in [6.45, 7) is 5.80. The van der Waals surface area contributed by atoms with Crippen molar-refractivity contribution in [2.24, 2.45) is 9.98 Å². The summed E-state index contributed by atoms with van der Waals surface area (Å²) in [4.78, 5) is 34.4. The van der Waals surface area contributed by atoms with Crippen molar-refractivity contribution in [3.63, 3.8) is 0 Å². The molecular weight excluding hydrogens is 627 g/mol. The Morgan fingerprint density at radius 2 is 1.14 bits per heavy atom. The first-order chi connectivity index (χ1) is 23.8. The standard InChI is InChI=1S/C24H16N2OS.C15H6N2O.C2H3N/c1-13(2)14-6-9-16(10-7-14)28-19-11-8-15-4-3-5-17-20(15)22(19)23-21(17)18(12-25)24(27)26-23;16-7-11-13-9-5-1-3-8-4-2-6-10(12(8)9)14(13)17-15(11)18;1-2-3/h3-11,13H,1-2H3;1-6H;1H3. The third-order valence-electron chi connectivity index (χ3n) is 8.77. The largest absolute Gasteiger partial charge is 0.288 e. The minimum atomic E-state index is -0.434. The van der Waals surface area contributed by atoms with Crippen LogP contribution in [0.2, 0.25) is 0 Å². The molecule has 8 heteroatoms. The molecule has 9 rings (SSSR count). The highest BCUT2D eigenvalue weighted by atomic mass is 32.2. The Balaban J connectivity index is 0.000000154. The van der Waals surface area contributed by atoms with Crippen LogP contribution in [-0.4, -0.2) is 23.2 Å². The Bertz CT molecular complexity index is 2560. The lowest BCUT2D eigenvalue weighted by molar-refractivity contribution is -0.114. The van der Waals surface area contributed by atoms with Crippen molar-refractivity contribution < 1.29 is 9.59 Å². The van der Waals surface area contributed by atoms with Crippen LogP contribution in [0.25, 0.3) is 32.7 Å². The van der Waals surface area contributed by atoms with E-state index in [2.05, 4.69) is 72.4 Å². The lowest BCUT2D eigenvalue weighted by Gasteiger charge is -2.10. The van der Waals surface area contributed by atoms with Gasteiger partial charge in [0.05, 0.1) is 17.5 Å². The number of carbonyl (C=O) groups is 2. The number of fused-ring (bicyclic) bond motifs is 6. The molecule has 2 amide bonds. The smallest absolute Gasteiger partial charge is 0.266 e. The molecule has 49 heavy (non-hydrogen) atoms. The van der Waals surface area contributed by atoms with Crippen LogP contribution in [0.3, 0.4) is 0 Å². The van der Waals surface area contributed by atoms with Crippen molar-refractivity contribution in [3.8, 4) is 18.2 Å². The molecule has 7 nitrogen and oxygen atoms in total. The highest BCUT2D eigenvalue weighted by molar-refractivity contribution is 7.99. The average molecular weight is 652 g/mol. The maximum Gasteiger partial charge on any atom is 0.288 e. The van der Waals surface area contributed by atoms with Gasteiger partial charge in [-0.05, 0) is 57.0 Å². The normalized spacial score (nSPS) is 14.4. The second kappa shape index (κ2) is 12.3. The first-order valence-electron chi connectivity index (χ1n) is 15.5. The summed E-state index contributed by atoms with van der Waals surface area (Å²) in [5.74, 6) is -0.360. The van der Waals surface area contributed by atoms with Gasteiger partial charge in [0.1, 0.15) is 23.3 Å². The number of carbonyl (C=O) groups excluding carboxylic acids is 2. The van der Waals surface area contributed by atoms with Crippen molar-refractivity contribution >= 4 is 67.7 Å². The summed E-state index contributed by atoms with van der Waals surface area (Å²) in [6.07, 6.45) is 0. The molecule has 0 N–H and O–H groups in total. The molecule has 0 bridgehead atoms. The van der Waals surface area contributed by atoms with Gasteiger partial charge in [0, 0.05) is 44.4 Å². The molecule has 0 saturated carbocycles. The van der Waals surface area contributed by atoms with Gasteiger partial charge in [-0.15, -0.1) is 0 Å². The van der Waals surface area contributed by atoms with Crippen LogP contribution >= 0.6 is 11.8 Å². The average Bonchev–Trinajstić information content (AvgIpc) is 3.81. The number of aliphatic imine (C=N–C) groups is 2. The minimum absolute atomic E-state index is 0.149. The van der Waals surface area contributed by atoms with Crippen molar-refractivity contribution in [1.82, 2.24) is 0 Å². The summed E-state index contributed by atoms with van der Waals surface area (Å²) < 4.78 is 0. The van der Waals surface area contributed by atoms with E-state index in [9.17, 15) is 14.9 Å². The third-order valence-corrected chi connectivity index (χ3v) is 9.84. The van der Waals surface area contributed by atoms with Gasteiger partial charge in [0.2, 0.25) is 0 Å². The van der Waals surface area contributed by atoms with Gasteiger partial charge >= 0.3 is 0 Å². The van der Waals surface area contributed by atoms with Crippen LogP contribution in [0.1, 0.15) is 54.5 Å². The second-order valence-electron chi connectivity index (χ2n) is 11.9. The molecule has 5 aromatic carbocycles. The van der Waals surface area contributed by atoms with Crippen molar-refractivity contribution in [1.29, 1.82) is 15.8 Å². The third kappa shape index (κ3) is 4.97.